The Balaban J connectivity index is 2.40. The van der Waals surface area contributed by atoms with Gasteiger partial charge in [-0.25, -0.2) is 4.79 Å². The normalized spacial score (nSPS) is 13.6. The number of amides is 1. The molecule has 0 radical (unpaired) electrons. The lowest BCUT2D eigenvalue weighted by Gasteiger charge is -2.15. The van der Waals surface area contributed by atoms with Crippen LogP contribution in [0, 0.1) is 0 Å². The van der Waals surface area contributed by atoms with Crippen molar-refractivity contribution in [2.75, 3.05) is 11.5 Å². The minimum atomic E-state index is -1.07. The molecule has 3 N–H and O–H groups in total. The Hall–Kier alpha value is -1.53. The van der Waals surface area contributed by atoms with Gasteiger partial charge in [0, 0.05) is 18.4 Å². The van der Waals surface area contributed by atoms with Crippen LogP contribution in [0.3, 0.4) is 0 Å². The van der Waals surface area contributed by atoms with Crippen LogP contribution in [0.1, 0.15) is 18.6 Å². The van der Waals surface area contributed by atoms with E-state index in [0.717, 1.165) is 5.56 Å². The molecule has 1 aromatic rings. The number of carbonyl (C=O) groups is 2. The molecular weight excluding hydrogens is 266 g/mol. The third kappa shape index (κ3) is 5.76. The van der Waals surface area contributed by atoms with Gasteiger partial charge in [-0.05, 0) is 5.56 Å². The summed E-state index contributed by atoms with van der Waals surface area (Å²) in [4.78, 5) is 21.7. The van der Waals surface area contributed by atoms with Crippen LogP contribution in [0.4, 0.5) is 0 Å². The summed E-state index contributed by atoms with van der Waals surface area (Å²) in [5.74, 6) is -0.847. The van der Waals surface area contributed by atoms with E-state index in [1.54, 1.807) is 0 Å². The van der Waals surface area contributed by atoms with Crippen LogP contribution >= 0.6 is 11.8 Å². The number of aliphatic hydroxyl groups excluding tert-OH is 1. The summed E-state index contributed by atoms with van der Waals surface area (Å²) >= 11 is 1.29. The van der Waals surface area contributed by atoms with Crippen LogP contribution < -0.4 is 5.32 Å². The van der Waals surface area contributed by atoms with Crippen molar-refractivity contribution in [1.29, 1.82) is 0 Å². The van der Waals surface area contributed by atoms with Gasteiger partial charge in [0.1, 0.15) is 6.04 Å². The molecule has 0 saturated carbocycles. The second-order valence-corrected chi connectivity index (χ2v) is 5.13. The molecule has 0 spiro atoms. The fourth-order valence-electron chi connectivity index (χ4n) is 1.49. The van der Waals surface area contributed by atoms with Gasteiger partial charge in [0.2, 0.25) is 5.91 Å². The third-order valence-corrected chi connectivity index (χ3v) is 3.54. The first kappa shape index (κ1) is 15.5. The van der Waals surface area contributed by atoms with E-state index in [2.05, 4.69) is 5.32 Å². The molecule has 104 valence electrons. The number of aliphatic carboxylic acids is 1. The lowest BCUT2D eigenvalue weighted by atomic mass is 10.1. The van der Waals surface area contributed by atoms with Crippen LogP contribution in [0.2, 0.25) is 0 Å². The van der Waals surface area contributed by atoms with Crippen molar-refractivity contribution in [1.82, 2.24) is 5.32 Å². The predicted octanol–water partition coefficient (Wildman–Crippen LogP) is 1.04. The van der Waals surface area contributed by atoms with Gasteiger partial charge in [0.05, 0.1) is 6.10 Å². The maximum Gasteiger partial charge on any atom is 0.327 e. The van der Waals surface area contributed by atoms with Crippen molar-refractivity contribution in [2.24, 2.45) is 0 Å². The number of carboxylic acid groups (broad SMARTS) is 1. The summed E-state index contributed by atoms with van der Waals surface area (Å²) in [5.41, 5.74) is 0.793. The molecule has 0 aliphatic rings. The highest BCUT2D eigenvalue weighted by Gasteiger charge is 2.19. The number of nitrogens with one attached hydrogen (secondary N) is 1. The molecule has 0 aromatic heterocycles. The highest BCUT2D eigenvalue weighted by Crippen LogP contribution is 2.18. The quantitative estimate of drug-likeness (QED) is 0.696. The second-order valence-electron chi connectivity index (χ2n) is 4.06. The fourth-order valence-corrected chi connectivity index (χ4v) is 2.50. The maximum atomic E-state index is 10.9. The van der Waals surface area contributed by atoms with Crippen LogP contribution in [-0.2, 0) is 9.59 Å². The average molecular weight is 283 g/mol. The number of thioether (sulfide) groups is 1. The topological polar surface area (TPSA) is 86.6 Å². The monoisotopic (exact) mass is 283 g/mol. The molecule has 0 aliphatic carbocycles. The number of aliphatic hydroxyl groups is 1. The highest BCUT2D eigenvalue weighted by atomic mass is 32.2. The smallest absolute Gasteiger partial charge is 0.327 e. The zero-order valence-corrected chi connectivity index (χ0v) is 11.4. The highest BCUT2D eigenvalue weighted by molar-refractivity contribution is 7.99. The number of hydrogen-bond donors (Lipinski definition) is 3. The molecule has 6 heteroatoms. The lowest BCUT2D eigenvalue weighted by Crippen LogP contribution is -2.41. The molecule has 1 amide bonds. The van der Waals surface area contributed by atoms with Crippen molar-refractivity contribution in [2.45, 2.75) is 19.1 Å². The summed E-state index contributed by atoms with van der Waals surface area (Å²) in [6.07, 6.45) is -0.641. The van der Waals surface area contributed by atoms with E-state index in [-0.39, 0.29) is 11.7 Å². The minimum absolute atomic E-state index is 0.221. The lowest BCUT2D eigenvalue weighted by molar-refractivity contribution is -0.140. The van der Waals surface area contributed by atoms with E-state index in [9.17, 15) is 14.7 Å². The predicted molar refractivity (Wildman–Crippen MR) is 74.0 cm³/mol. The molecule has 2 atom stereocenters. The van der Waals surface area contributed by atoms with Crippen LogP contribution in [0.25, 0.3) is 0 Å². The van der Waals surface area contributed by atoms with Crippen LogP contribution in [-0.4, -0.2) is 39.6 Å². The van der Waals surface area contributed by atoms with Gasteiger partial charge >= 0.3 is 5.97 Å². The molecule has 0 heterocycles. The van der Waals surface area contributed by atoms with Gasteiger partial charge in [-0.3, -0.25) is 4.79 Å². The first-order valence-corrected chi connectivity index (χ1v) is 6.97. The van der Waals surface area contributed by atoms with Crippen molar-refractivity contribution < 1.29 is 19.8 Å². The SMILES string of the molecule is CC(=O)N[C@H](CSC[C@@H](O)c1ccccc1)C(=O)O. The maximum absolute atomic E-state index is 10.9. The number of rotatable bonds is 7. The van der Waals surface area contributed by atoms with Gasteiger partial charge in [-0.2, -0.15) is 11.8 Å². The first-order valence-electron chi connectivity index (χ1n) is 5.81. The zero-order valence-electron chi connectivity index (χ0n) is 10.6. The summed E-state index contributed by atoms with van der Waals surface area (Å²) in [6.45, 7) is 1.28. The standard InChI is InChI=1S/C13H17NO4S/c1-9(15)14-11(13(17)18)7-19-8-12(16)10-5-3-2-4-6-10/h2-6,11-12,16H,7-8H2,1H3,(H,14,15)(H,17,18)/t11-,12-/m1/s1. The van der Waals surface area contributed by atoms with Crippen molar-refractivity contribution in [3.63, 3.8) is 0 Å². The molecular formula is C13H17NO4S. The molecule has 5 nitrogen and oxygen atoms in total. The van der Waals surface area contributed by atoms with E-state index in [1.165, 1.54) is 18.7 Å². The van der Waals surface area contributed by atoms with Crippen LogP contribution in [0.15, 0.2) is 30.3 Å². The first-order chi connectivity index (χ1) is 9.00. The number of benzene rings is 1. The van der Waals surface area contributed by atoms with Crippen molar-refractivity contribution in [3.8, 4) is 0 Å². The van der Waals surface area contributed by atoms with Crippen molar-refractivity contribution in [3.05, 3.63) is 35.9 Å². The Morgan fingerprint density at radius 2 is 1.89 bits per heavy atom. The molecule has 0 saturated heterocycles. The molecule has 0 unspecified atom stereocenters. The zero-order chi connectivity index (χ0) is 14.3. The summed E-state index contributed by atoms with van der Waals surface area (Å²) < 4.78 is 0. The summed E-state index contributed by atoms with van der Waals surface area (Å²) in [7, 11) is 0. The average Bonchev–Trinajstić information content (AvgIpc) is 2.37. The van der Waals surface area contributed by atoms with Gasteiger partial charge in [0.25, 0.3) is 0 Å². The van der Waals surface area contributed by atoms with Gasteiger partial charge in [-0.15, -0.1) is 0 Å². The summed E-state index contributed by atoms with van der Waals surface area (Å²) in [5, 5.41) is 21.2. The fraction of sp³-hybridized carbons (Fsp3) is 0.385. The van der Waals surface area contributed by atoms with Gasteiger partial charge in [0.15, 0.2) is 0 Å². The third-order valence-electron chi connectivity index (χ3n) is 2.42. The van der Waals surface area contributed by atoms with Gasteiger partial charge in [-0.1, -0.05) is 30.3 Å². The minimum Gasteiger partial charge on any atom is -0.480 e. The largest absolute Gasteiger partial charge is 0.480 e. The molecule has 0 bridgehead atoms. The van der Waals surface area contributed by atoms with E-state index in [0.29, 0.717) is 5.75 Å². The molecule has 1 aromatic carbocycles. The molecule has 1 rings (SSSR count). The van der Waals surface area contributed by atoms with Gasteiger partial charge < -0.3 is 15.5 Å². The second kappa shape index (κ2) is 7.81. The molecule has 19 heavy (non-hydrogen) atoms. The van der Waals surface area contributed by atoms with E-state index in [1.807, 2.05) is 30.3 Å². The van der Waals surface area contributed by atoms with E-state index in [4.69, 9.17) is 5.11 Å². The number of carbonyl (C=O) groups excluding carboxylic acids is 1. The Labute approximate surface area is 116 Å². The van der Waals surface area contributed by atoms with Crippen LogP contribution in [0.5, 0.6) is 0 Å². The Bertz CT molecular complexity index is 424. The Morgan fingerprint density at radius 3 is 2.42 bits per heavy atom. The number of carboxylic acids is 1. The molecule has 0 fully saturated rings. The van der Waals surface area contributed by atoms with E-state index < -0.39 is 18.1 Å². The Kier molecular flexibility index (Phi) is 6.38. The number of hydrogen-bond acceptors (Lipinski definition) is 4. The summed E-state index contributed by atoms with van der Waals surface area (Å²) in [6, 6.07) is 8.23. The Morgan fingerprint density at radius 1 is 1.26 bits per heavy atom. The van der Waals surface area contributed by atoms with Crippen molar-refractivity contribution >= 4 is 23.6 Å². The van der Waals surface area contributed by atoms with E-state index >= 15 is 0 Å². The molecule has 0 aliphatic heterocycles.